The summed E-state index contributed by atoms with van der Waals surface area (Å²) in [5, 5.41) is 6.57. The predicted molar refractivity (Wildman–Crippen MR) is 126 cm³/mol. The first kappa shape index (κ1) is 23.4. The van der Waals surface area contributed by atoms with Crippen molar-refractivity contribution in [3.05, 3.63) is 34.5 Å². The predicted octanol–water partition coefficient (Wildman–Crippen LogP) is 1.86. The van der Waals surface area contributed by atoms with Gasteiger partial charge in [0.15, 0.2) is 5.96 Å². The maximum Gasteiger partial charge on any atom is 0.225 e. The summed E-state index contributed by atoms with van der Waals surface area (Å²) in [4.78, 5) is 24.7. The third-order valence-corrected chi connectivity index (χ3v) is 6.44. The number of aromatic nitrogens is 3. The van der Waals surface area contributed by atoms with E-state index in [2.05, 4.69) is 45.3 Å². The van der Waals surface area contributed by atoms with Gasteiger partial charge in [0.2, 0.25) is 5.95 Å². The van der Waals surface area contributed by atoms with Crippen molar-refractivity contribution in [2.45, 2.75) is 26.0 Å². The van der Waals surface area contributed by atoms with E-state index in [-0.39, 0.29) is 6.10 Å². The van der Waals surface area contributed by atoms with Crippen molar-refractivity contribution >= 4 is 23.2 Å². The van der Waals surface area contributed by atoms with Crippen molar-refractivity contribution in [1.82, 2.24) is 30.1 Å². The lowest BCUT2D eigenvalue weighted by atomic mass is 10.3. The van der Waals surface area contributed by atoms with E-state index < -0.39 is 0 Å². The Balaban J connectivity index is 1.35. The van der Waals surface area contributed by atoms with Crippen molar-refractivity contribution in [2.24, 2.45) is 4.99 Å². The van der Waals surface area contributed by atoms with Crippen LogP contribution in [-0.4, -0.2) is 91.2 Å². The molecule has 1 saturated heterocycles. The zero-order chi connectivity index (χ0) is 22.1. The first-order valence-corrected chi connectivity index (χ1v) is 11.6. The number of nitrogens with one attached hydrogen (secondary N) is 1. The van der Waals surface area contributed by atoms with Crippen molar-refractivity contribution in [1.29, 1.82) is 0 Å². The smallest absolute Gasteiger partial charge is 0.225 e. The molecule has 1 N–H and O–H groups in total. The molecule has 3 heterocycles. The summed E-state index contributed by atoms with van der Waals surface area (Å²) in [6.07, 6.45) is 4.71. The summed E-state index contributed by atoms with van der Waals surface area (Å²) in [6, 6.07) is 1.86. The number of rotatable bonds is 9. The van der Waals surface area contributed by atoms with Crippen LogP contribution in [-0.2, 0) is 11.3 Å². The molecule has 0 saturated carbocycles. The Morgan fingerprint density at radius 2 is 2.03 bits per heavy atom. The number of nitrogens with zero attached hydrogens (tertiary/aromatic N) is 7. The molecule has 1 atom stereocenters. The molecule has 9 nitrogen and oxygen atoms in total. The minimum Gasteiger partial charge on any atom is -0.375 e. The third kappa shape index (κ3) is 6.84. The molecule has 1 fully saturated rings. The SMILES string of the molecule is CN=C(NCCCN1CCN(c2ncccn2)CC1)N(C)Cc1csc(C(C)OC)n1. The molecule has 1 unspecified atom stereocenters. The van der Waals surface area contributed by atoms with Gasteiger partial charge in [-0.15, -0.1) is 11.3 Å². The van der Waals surface area contributed by atoms with Crippen LogP contribution in [0.5, 0.6) is 0 Å². The van der Waals surface area contributed by atoms with E-state index in [4.69, 9.17) is 4.74 Å². The van der Waals surface area contributed by atoms with Crippen LogP contribution >= 0.6 is 11.3 Å². The van der Waals surface area contributed by atoms with Gasteiger partial charge in [0.05, 0.1) is 12.2 Å². The van der Waals surface area contributed by atoms with Crippen LogP contribution in [0.2, 0.25) is 0 Å². The molecular formula is C21H34N8OS. The van der Waals surface area contributed by atoms with Crippen molar-refractivity contribution in [2.75, 3.05) is 65.4 Å². The van der Waals surface area contributed by atoms with Gasteiger partial charge in [0.25, 0.3) is 0 Å². The zero-order valence-corrected chi connectivity index (χ0v) is 19.8. The summed E-state index contributed by atoms with van der Waals surface area (Å²) in [5.74, 6) is 1.72. The number of hydrogen-bond donors (Lipinski definition) is 1. The van der Waals surface area contributed by atoms with Crippen molar-refractivity contribution < 1.29 is 4.74 Å². The van der Waals surface area contributed by atoms with E-state index in [0.29, 0.717) is 0 Å². The van der Waals surface area contributed by atoms with Gasteiger partial charge in [-0.25, -0.2) is 15.0 Å². The molecule has 1 aliphatic rings. The van der Waals surface area contributed by atoms with E-state index >= 15 is 0 Å². The largest absolute Gasteiger partial charge is 0.375 e. The fraction of sp³-hybridized carbons (Fsp3) is 0.619. The number of piperazine rings is 1. The molecule has 0 amide bonds. The molecule has 0 aliphatic carbocycles. The molecule has 0 spiro atoms. The molecule has 2 aromatic heterocycles. The van der Waals surface area contributed by atoms with E-state index in [1.807, 2.05) is 27.1 Å². The highest BCUT2D eigenvalue weighted by molar-refractivity contribution is 7.09. The zero-order valence-electron chi connectivity index (χ0n) is 19.0. The van der Waals surface area contributed by atoms with Gasteiger partial charge in [-0.05, 0) is 26.0 Å². The Morgan fingerprint density at radius 3 is 2.71 bits per heavy atom. The molecular weight excluding hydrogens is 412 g/mol. The minimum atomic E-state index is 0.0311. The summed E-state index contributed by atoms with van der Waals surface area (Å²) in [5.41, 5.74) is 1.04. The lowest BCUT2D eigenvalue weighted by Crippen LogP contribution is -2.47. The lowest BCUT2D eigenvalue weighted by molar-refractivity contribution is 0.119. The highest BCUT2D eigenvalue weighted by atomic mass is 32.1. The molecule has 0 bridgehead atoms. The summed E-state index contributed by atoms with van der Waals surface area (Å²) in [6.45, 7) is 8.72. The van der Waals surface area contributed by atoms with Crippen LogP contribution in [0.3, 0.4) is 0 Å². The molecule has 170 valence electrons. The number of guanidine groups is 1. The van der Waals surface area contributed by atoms with E-state index in [1.165, 1.54) is 0 Å². The highest BCUT2D eigenvalue weighted by Gasteiger charge is 2.18. The number of thiazole rings is 1. The number of methoxy groups -OCH3 is 1. The molecule has 0 radical (unpaired) electrons. The molecule has 0 aromatic carbocycles. The van der Waals surface area contributed by atoms with Crippen molar-refractivity contribution in [3.8, 4) is 0 Å². The van der Waals surface area contributed by atoms with Crippen LogP contribution in [0.25, 0.3) is 0 Å². The number of anilines is 1. The van der Waals surface area contributed by atoms with E-state index in [1.54, 1.807) is 30.8 Å². The average Bonchev–Trinajstić information content (AvgIpc) is 3.28. The molecule has 10 heteroatoms. The average molecular weight is 447 g/mol. The number of hydrogen-bond acceptors (Lipinski definition) is 8. The van der Waals surface area contributed by atoms with Gasteiger partial charge in [-0.1, -0.05) is 0 Å². The normalized spacial score (nSPS) is 16.4. The maximum atomic E-state index is 5.35. The summed E-state index contributed by atoms with van der Waals surface area (Å²) in [7, 11) is 5.57. The molecule has 1 aliphatic heterocycles. The first-order chi connectivity index (χ1) is 15.1. The maximum absolute atomic E-state index is 5.35. The van der Waals surface area contributed by atoms with Crippen LogP contribution < -0.4 is 10.2 Å². The van der Waals surface area contributed by atoms with Gasteiger partial charge in [-0.3, -0.25) is 9.89 Å². The van der Waals surface area contributed by atoms with Crippen LogP contribution in [0.15, 0.2) is 28.8 Å². The van der Waals surface area contributed by atoms with Gasteiger partial charge in [0.1, 0.15) is 11.1 Å². The second kappa shape index (κ2) is 11.9. The number of ether oxygens (including phenoxy) is 1. The summed E-state index contributed by atoms with van der Waals surface area (Å²) < 4.78 is 5.35. The van der Waals surface area contributed by atoms with E-state index in [9.17, 15) is 0 Å². The lowest BCUT2D eigenvalue weighted by Gasteiger charge is -2.34. The molecule has 31 heavy (non-hydrogen) atoms. The monoisotopic (exact) mass is 446 g/mol. The Hall–Kier alpha value is -2.30. The quantitative estimate of drug-likeness (QED) is 0.355. The van der Waals surface area contributed by atoms with Gasteiger partial charge in [-0.2, -0.15) is 0 Å². The second-order valence-electron chi connectivity index (χ2n) is 7.62. The van der Waals surface area contributed by atoms with Crippen LogP contribution in [0, 0.1) is 0 Å². The highest BCUT2D eigenvalue weighted by Crippen LogP contribution is 2.20. The molecule has 3 rings (SSSR count). The second-order valence-corrected chi connectivity index (χ2v) is 8.51. The van der Waals surface area contributed by atoms with Crippen molar-refractivity contribution in [3.63, 3.8) is 0 Å². The summed E-state index contributed by atoms with van der Waals surface area (Å²) >= 11 is 1.64. The Kier molecular flexibility index (Phi) is 8.98. The molecule has 2 aromatic rings. The fourth-order valence-electron chi connectivity index (χ4n) is 3.51. The number of aliphatic imine (C=N–C) groups is 1. The fourth-order valence-corrected chi connectivity index (χ4v) is 4.36. The minimum absolute atomic E-state index is 0.0311. The standard InChI is InChI=1S/C21H34N8OS/c1-17(30-4)19-26-18(16-31-19)15-27(3)20(22-2)23-9-6-10-28-11-13-29(14-12-28)21-24-7-5-8-25-21/h5,7-8,16-17H,6,9-15H2,1-4H3,(H,22,23). The Bertz CT molecular complexity index is 807. The Labute approximate surface area is 189 Å². The van der Waals surface area contributed by atoms with Gasteiger partial charge in [0, 0.05) is 71.7 Å². The topological polar surface area (TPSA) is 82.0 Å². The van der Waals surface area contributed by atoms with Crippen LogP contribution in [0.1, 0.15) is 30.2 Å². The van der Waals surface area contributed by atoms with Gasteiger partial charge >= 0.3 is 0 Å². The third-order valence-electron chi connectivity index (χ3n) is 5.38. The van der Waals surface area contributed by atoms with Crippen LogP contribution in [0.4, 0.5) is 5.95 Å². The van der Waals surface area contributed by atoms with Gasteiger partial charge < -0.3 is 19.9 Å². The first-order valence-electron chi connectivity index (χ1n) is 10.7. The Morgan fingerprint density at radius 1 is 1.29 bits per heavy atom. The van der Waals surface area contributed by atoms with E-state index in [0.717, 1.165) is 74.8 Å².